The first-order chi connectivity index (χ1) is 3.68. The molecule has 8 heavy (non-hydrogen) atoms. The summed E-state index contributed by atoms with van der Waals surface area (Å²) in [5, 5.41) is 0. The first kappa shape index (κ1) is 7.78. The highest BCUT2D eigenvalue weighted by atomic mass is 28.3. The average molecular weight is 126 g/mol. The highest BCUT2D eigenvalue weighted by molar-refractivity contribution is 6.85. The van der Waals surface area contributed by atoms with Crippen molar-refractivity contribution < 1.29 is 0 Å². The van der Waals surface area contributed by atoms with E-state index < -0.39 is 8.07 Å². The minimum atomic E-state index is -1.14. The molecular formula is C7H14Si. The van der Waals surface area contributed by atoms with Crippen LogP contribution in [-0.4, -0.2) is 8.07 Å². The molecule has 0 atom stereocenters. The van der Waals surface area contributed by atoms with Gasteiger partial charge in [0, 0.05) is 0 Å². The fourth-order valence-electron chi connectivity index (χ4n) is 0.454. The van der Waals surface area contributed by atoms with Crippen LogP contribution in [0.25, 0.3) is 0 Å². The van der Waals surface area contributed by atoms with Crippen molar-refractivity contribution in [3.8, 4) is 12.0 Å². The summed E-state index contributed by atoms with van der Waals surface area (Å²) in [5.41, 5.74) is 2.92. The fraction of sp³-hybridized carbons (Fsp3) is 0.714. The summed E-state index contributed by atoms with van der Waals surface area (Å²) in [6, 6.07) is 2.44. The van der Waals surface area contributed by atoms with Gasteiger partial charge in [-0.15, -0.1) is 12.0 Å². The smallest absolute Gasteiger partial charge is 0.134 e. The molecule has 0 fully saturated rings. The van der Waals surface area contributed by atoms with E-state index in [0.29, 0.717) is 0 Å². The van der Waals surface area contributed by atoms with E-state index >= 15 is 0 Å². The number of hydrogen-bond acceptors (Lipinski definition) is 0. The molecule has 0 N–H and O–H groups in total. The molecule has 46 valence electrons. The SMILES string of the molecule is C#C[Si](C)(CC)CC. The lowest BCUT2D eigenvalue weighted by Crippen LogP contribution is -2.24. The van der Waals surface area contributed by atoms with Crippen molar-refractivity contribution in [3.63, 3.8) is 0 Å². The van der Waals surface area contributed by atoms with Crippen molar-refractivity contribution in [2.24, 2.45) is 0 Å². The number of hydrogen-bond donors (Lipinski definition) is 0. The van der Waals surface area contributed by atoms with Gasteiger partial charge in [0.1, 0.15) is 8.07 Å². The molecule has 0 unspecified atom stereocenters. The maximum absolute atomic E-state index is 5.34. The predicted octanol–water partition coefficient (Wildman–Crippen LogP) is 2.28. The van der Waals surface area contributed by atoms with Crippen molar-refractivity contribution in [2.75, 3.05) is 0 Å². The van der Waals surface area contributed by atoms with Gasteiger partial charge >= 0.3 is 0 Å². The molecule has 0 aliphatic carbocycles. The monoisotopic (exact) mass is 126 g/mol. The normalized spacial score (nSPS) is 10.8. The summed E-state index contributed by atoms with van der Waals surface area (Å²) in [5.74, 6) is 0. The van der Waals surface area contributed by atoms with Crippen molar-refractivity contribution in [1.29, 1.82) is 0 Å². The van der Waals surface area contributed by atoms with Gasteiger partial charge < -0.3 is 0 Å². The van der Waals surface area contributed by atoms with Gasteiger partial charge in [-0.1, -0.05) is 20.4 Å². The Morgan fingerprint density at radius 1 is 1.38 bits per heavy atom. The van der Waals surface area contributed by atoms with Crippen LogP contribution in [0.1, 0.15) is 13.8 Å². The largest absolute Gasteiger partial charge is 0.135 e. The van der Waals surface area contributed by atoms with Gasteiger partial charge in [0.15, 0.2) is 0 Å². The quantitative estimate of drug-likeness (QED) is 0.393. The molecule has 0 aliphatic heterocycles. The van der Waals surface area contributed by atoms with Crippen LogP contribution < -0.4 is 0 Å². The molecule has 0 aromatic rings. The van der Waals surface area contributed by atoms with E-state index in [1.54, 1.807) is 0 Å². The summed E-state index contributed by atoms with van der Waals surface area (Å²) >= 11 is 0. The van der Waals surface area contributed by atoms with Crippen LogP contribution >= 0.6 is 0 Å². The molecule has 0 rings (SSSR count). The topological polar surface area (TPSA) is 0 Å². The zero-order chi connectivity index (χ0) is 6.62. The number of terminal acetylenes is 1. The minimum absolute atomic E-state index is 1.14. The molecule has 0 aliphatic rings. The second kappa shape index (κ2) is 2.94. The van der Waals surface area contributed by atoms with Gasteiger partial charge in [-0.3, -0.25) is 0 Å². The Bertz CT molecular complexity index is 95.4. The minimum Gasteiger partial charge on any atom is -0.135 e. The highest BCUT2D eigenvalue weighted by Gasteiger charge is 2.17. The lowest BCUT2D eigenvalue weighted by Gasteiger charge is -2.14. The van der Waals surface area contributed by atoms with Crippen LogP contribution in [0, 0.1) is 12.0 Å². The second-order valence-corrected chi connectivity index (χ2v) is 7.24. The molecule has 0 amide bonds. The molecule has 0 spiro atoms. The summed E-state index contributed by atoms with van der Waals surface area (Å²) in [7, 11) is -1.14. The van der Waals surface area contributed by atoms with Crippen molar-refractivity contribution in [3.05, 3.63) is 0 Å². The Balaban J connectivity index is 3.83. The second-order valence-electron chi connectivity index (χ2n) is 2.41. The molecule has 0 aromatic heterocycles. The molecular weight excluding hydrogens is 112 g/mol. The van der Waals surface area contributed by atoms with E-state index in [0.717, 1.165) is 0 Å². The van der Waals surface area contributed by atoms with Gasteiger partial charge in [-0.05, 0) is 12.1 Å². The highest BCUT2D eigenvalue weighted by Crippen LogP contribution is 2.11. The first-order valence-electron chi connectivity index (χ1n) is 3.16. The summed E-state index contributed by atoms with van der Waals surface area (Å²) < 4.78 is 0. The van der Waals surface area contributed by atoms with Crippen LogP contribution in [0.5, 0.6) is 0 Å². The Morgan fingerprint density at radius 2 is 1.75 bits per heavy atom. The van der Waals surface area contributed by atoms with Gasteiger partial charge in [0.05, 0.1) is 0 Å². The van der Waals surface area contributed by atoms with Crippen molar-refractivity contribution in [1.82, 2.24) is 0 Å². The maximum Gasteiger partial charge on any atom is 0.134 e. The third-order valence-electron chi connectivity index (χ3n) is 1.91. The Labute approximate surface area is 53.3 Å². The summed E-state index contributed by atoms with van der Waals surface area (Å²) in [6.07, 6.45) is 5.34. The first-order valence-corrected chi connectivity index (χ1v) is 6.07. The van der Waals surface area contributed by atoms with Gasteiger partial charge in [-0.25, -0.2) is 0 Å². The Morgan fingerprint density at radius 3 is 1.75 bits per heavy atom. The lowest BCUT2D eigenvalue weighted by atomic mass is 10.9. The van der Waals surface area contributed by atoms with Gasteiger partial charge in [-0.2, -0.15) is 0 Å². The van der Waals surface area contributed by atoms with Crippen LogP contribution in [0.15, 0.2) is 0 Å². The third-order valence-corrected chi connectivity index (χ3v) is 5.73. The van der Waals surface area contributed by atoms with Crippen LogP contribution in [-0.2, 0) is 0 Å². The third kappa shape index (κ3) is 1.71. The molecule has 0 saturated heterocycles. The Hall–Kier alpha value is -0.223. The fourth-order valence-corrected chi connectivity index (χ4v) is 1.36. The lowest BCUT2D eigenvalue weighted by molar-refractivity contribution is 1.28. The summed E-state index contributed by atoms with van der Waals surface area (Å²) in [6.45, 7) is 6.64. The van der Waals surface area contributed by atoms with Gasteiger partial charge in [0.2, 0.25) is 0 Å². The molecule has 0 bridgehead atoms. The zero-order valence-electron chi connectivity index (χ0n) is 5.99. The van der Waals surface area contributed by atoms with E-state index in [9.17, 15) is 0 Å². The van der Waals surface area contributed by atoms with Crippen LogP contribution in [0.2, 0.25) is 18.6 Å². The molecule has 0 saturated carbocycles. The van der Waals surface area contributed by atoms with E-state index in [1.807, 2.05) is 0 Å². The van der Waals surface area contributed by atoms with E-state index in [2.05, 4.69) is 25.9 Å². The van der Waals surface area contributed by atoms with Crippen molar-refractivity contribution >= 4 is 8.07 Å². The maximum atomic E-state index is 5.34. The van der Waals surface area contributed by atoms with E-state index in [-0.39, 0.29) is 0 Å². The van der Waals surface area contributed by atoms with Crippen LogP contribution in [0.3, 0.4) is 0 Å². The Kier molecular flexibility index (Phi) is 2.85. The van der Waals surface area contributed by atoms with E-state index in [1.165, 1.54) is 12.1 Å². The molecule has 0 aromatic carbocycles. The number of rotatable bonds is 2. The molecule has 0 radical (unpaired) electrons. The molecule has 0 heterocycles. The van der Waals surface area contributed by atoms with Crippen LogP contribution in [0.4, 0.5) is 0 Å². The molecule has 1 heteroatoms. The van der Waals surface area contributed by atoms with Gasteiger partial charge in [0.25, 0.3) is 0 Å². The average Bonchev–Trinajstić information content (AvgIpc) is 1.87. The summed E-state index contributed by atoms with van der Waals surface area (Å²) in [4.78, 5) is 0. The predicted molar refractivity (Wildman–Crippen MR) is 41.4 cm³/mol. The van der Waals surface area contributed by atoms with E-state index in [4.69, 9.17) is 6.42 Å². The standard InChI is InChI=1S/C7H14Si/c1-5-8(4,6-2)7-3/h1H,6-7H2,2-4H3. The molecule has 0 nitrogen and oxygen atoms in total. The zero-order valence-corrected chi connectivity index (χ0v) is 6.99. The van der Waals surface area contributed by atoms with Crippen molar-refractivity contribution in [2.45, 2.75) is 32.5 Å².